The van der Waals surface area contributed by atoms with Gasteiger partial charge in [0.2, 0.25) is 0 Å². The fourth-order valence-corrected chi connectivity index (χ4v) is 4.01. The molecule has 0 saturated carbocycles. The number of fused-ring (bicyclic) bond motifs is 1. The monoisotopic (exact) mass is 352 g/mol. The molecule has 0 radical (unpaired) electrons. The number of rotatable bonds is 5. The van der Waals surface area contributed by atoms with Crippen LogP contribution in [0.5, 0.6) is 5.75 Å². The first-order chi connectivity index (χ1) is 12.7. The van der Waals surface area contributed by atoms with Crippen LogP contribution < -0.4 is 10.5 Å². The molecular formula is C21H28N4O. The van der Waals surface area contributed by atoms with E-state index in [2.05, 4.69) is 34.0 Å². The molecule has 0 bridgehead atoms. The highest BCUT2D eigenvalue weighted by atomic mass is 16.5. The van der Waals surface area contributed by atoms with Gasteiger partial charge in [0.05, 0.1) is 5.69 Å². The molecule has 4 rings (SSSR count). The Hall–Kier alpha value is -2.11. The summed E-state index contributed by atoms with van der Waals surface area (Å²) < 4.78 is 6.19. The summed E-state index contributed by atoms with van der Waals surface area (Å²) in [6.45, 7) is 6.33. The molecule has 138 valence electrons. The first-order valence-electron chi connectivity index (χ1n) is 9.62. The van der Waals surface area contributed by atoms with Crippen molar-refractivity contribution in [2.24, 2.45) is 0 Å². The molecule has 2 N–H and O–H groups in total. The second-order valence-electron chi connectivity index (χ2n) is 7.36. The molecule has 1 aliphatic carbocycles. The van der Waals surface area contributed by atoms with Gasteiger partial charge in [0, 0.05) is 38.3 Å². The summed E-state index contributed by atoms with van der Waals surface area (Å²) in [6, 6.07) is 10.1. The Morgan fingerprint density at radius 2 is 1.85 bits per heavy atom. The van der Waals surface area contributed by atoms with E-state index < -0.39 is 0 Å². The summed E-state index contributed by atoms with van der Waals surface area (Å²) in [4.78, 5) is 9.38. The zero-order chi connectivity index (χ0) is 17.9. The normalized spacial score (nSPS) is 18.0. The molecule has 2 aromatic rings. The molecule has 1 saturated heterocycles. The Balaban J connectivity index is 1.46. The molecule has 2 aliphatic rings. The van der Waals surface area contributed by atoms with Gasteiger partial charge in [-0.1, -0.05) is 6.07 Å². The predicted molar refractivity (Wildman–Crippen MR) is 106 cm³/mol. The van der Waals surface area contributed by atoms with Crippen LogP contribution in [0.1, 0.15) is 17.5 Å². The standard InChI is InChI=1S/C21H28N4O/c1-24-10-12-25(13-11-24)14-15-26-20-9-8-17(16-4-2-5-18(16)20)19-6-3-7-21(22)23-19/h3,6-9H,2,4-5,10-15H2,1H3,(H2,22,23). The number of benzene rings is 1. The smallest absolute Gasteiger partial charge is 0.124 e. The lowest BCUT2D eigenvalue weighted by atomic mass is 9.99. The van der Waals surface area contributed by atoms with E-state index in [-0.39, 0.29) is 0 Å². The second-order valence-corrected chi connectivity index (χ2v) is 7.36. The van der Waals surface area contributed by atoms with Gasteiger partial charge in [-0.2, -0.15) is 0 Å². The van der Waals surface area contributed by atoms with Crippen molar-refractivity contribution in [3.63, 3.8) is 0 Å². The van der Waals surface area contributed by atoms with Crippen molar-refractivity contribution in [2.45, 2.75) is 19.3 Å². The fraction of sp³-hybridized carbons (Fsp3) is 0.476. The molecule has 0 unspecified atom stereocenters. The first kappa shape index (κ1) is 17.3. The Bertz CT molecular complexity index is 769. The molecule has 26 heavy (non-hydrogen) atoms. The van der Waals surface area contributed by atoms with Gasteiger partial charge in [0.15, 0.2) is 0 Å². The van der Waals surface area contributed by atoms with Crippen LogP contribution in [-0.4, -0.2) is 61.2 Å². The van der Waals surface area contributed by atoms with Crippen molar-refractivity contribution in [1.29, 1.82) is 0 Å². The molecular weight excluding hydrogens is 324 g/mol. The lowest BCUT2D eigenvalue weighted by molar-refractivity contribution is 0.133. The minimum atomic E-state index is 0.571. The van der Waals surface area contributed by atoms with Crippen LogP contribution in [0.15, 0.2) is 30.3 Å². The number of aromatic nitrogens is 1. The predicted octanol–water partition coefficient (Wildman–Crippen LogP) is 2.45. The quantitative estimate of drug-likeness (QED) is 0.896. The Morgan fingerprint density at radius 3 is 2.65 bits per heavy atom. The number of piperazine rings is 1. The molecule has 0 amide bonds. The molecule has 1 aromatic carbocycles. The van der Waals surface area contributed by atoms with Crippen LogP contribution in [0.2, 0.25) is 0 Å². The van der Waals surface area contributed by atoms with Gasteiger partial charge in [0.1, 0.15) is 18.2 Å². The van der Waals surface area contributed by atoms with Gasteiger partial charge in [-0.05, 0) is 61.7 Å². The summed E-state index contributed by atoms with van der Waals surface area (Å²) in [7, 11) is 2.19. The van der Waals surface area contributed by atoms with Crippen LogP contribution in [0, 0.1) is 0 Å². The maximum atomic E-state index is 6.19. The minimum absolute atomic E-state index is 0.571. The van der Waals surface area contributed by atoms with Crippen LogP contribution in [0.3, 0.4) is 0 Å². The van der Waals surface area contributed by atoms with Crippen LogP contribution in [0.4, 0.5) is 5.82 Å². The van der Waals surface area contributed by atoms with Gasteiger partial charge in [-0.15, -0.1) is 0 Å². The van der Waals surface area contributed by atoms with E-state index in [1.165, 1.54) is 23.1 Å². The average molecular weight is 352 g/mol. The summed E-state index contributed by atoms with van der Waals surface area (Å²) >= 11 is 0. The van der Waals surface area contributed by atoms with Crippen LogP contribution in [0.25, 0.3) is 11.3 Å². The number of hydrogen-bond acceptors (Lipinski definition) is 5. The topological polar surface area (TPSA) is 54.6 Å². The molecule has 1 aromatic heterocycles. The largest absolute Gasteiger partial charge is 0.492 e. The van der Waals surface area contributed by atoms with Gasteiger partial charge >= 0.3 is 0 Å². The maximum absolute atomic E-state index is 6.19. The van der Waals surface area contributed by atoms with Gasteiger partial charge in [-0.3, -0.25) is 4.90 Å². The third kappa shape index (κ3) is 3.69. The third-order valence-electron chi connectivity index (χ3n) is 5.55. The molecule has 1 fully saturated rings. The molecule has 2 heterocycles. The number of anilines is 1. The average Bonchev–Trinajstić information content (AvgIpc) is 3.13. The highest BCUT2D eigenvalue weighted by molar-refractivity contribution is 5.69. The van der Waals surface area contributed by atoms with Crippen molar-refractivity contribution >= 4 is 5.82 Å². The zero-order valence-corrected chi connectivity index (χ0v) is 15.6. The summed E-state index contributed by atoms with van der Waals surface area (Å²) in [5.41, 5.74) is 10.8. The van der Waals surface area contributed by atoms with E-state index in [1.807, 2.05) is 18.2 Å². The molecule has 5 heteroatoms. The number of nitrogens with two attached hydrogens (primary N) is 1. The van der Waals surface area contributed by atoms with Crippen LogP contribution in [-0.2, 0) is 12.8 Å². The van der Waals surface area contributed by atoms with E-state index in [4.69, 9.17) is 10.5 Å². The van der Waals surface area contributed by atoms with E-state index in [1.54, 1.807) is 0 Å². The van der Waals surface area contributed by atoms with Crippen molar-refractivity contribution < 1.29 is 4.74 Å². The second kappa shape index (κ2) is 7.64. The maximum Gasteiger partial charge on any atom is 0.124 e. The highest BCUT2D eigenvalue weighted by Gasteiger charge is 2.21. The number of nitrogen functional groups attached to an aromatic ring is 1. The number of pyridine rings is 1. The Kier molecular flexibility index (Phi) is 5.09. The van der Waals surface area contributed by atoms with Gasteiger partial charge in [0.25, 0.3) is 0 Å². The number of ether oxygens (including phenoxy) is 1. The van der Waals surface area contributed by atoms with Crippen molar-refractivity contribution in [1.82, 2.24) is 14.8 Å². The minimum Gasteiger partial charge on any atom is -0.492 e. The lowest BCUT2D eigenvalue weighted by Crippen LogP contribution is -2.45. The summed E-state index contributed by atoms with van der Waals surface area (Å²) in [6.07, 6.45) is 3.37. The lowest BCUT2D eigenvalue weighted by Gasteiger charge is -2.32. The van der Waals surface area contributed by atoms with E-state index in [0.717, 1.165) is 63.6 Å². The van der Waals surface area contributed by atoms with Crippen molar-refractivity contribution in [3.05, 3.63) is 41.5 Å². The summed E-state index contributed by atoms with van der Waals surface area (Å²) in [5, 5.41) is 0. The van der Waals surface area contributed by atoms with Crippen LogP contribution >= 0.6 is 0 Å². The number of likely N-dealkylation sites (N-methyl/N-ethyl adjacent to an activating group) is 1. The first-order valence-corrected chi connectivity index (χ1v) is 9.62. The molecule has 5 nitrogen and oxygen atoms in total. The highest BCUT2D eigenvalue weighted by Crippen LogP contribution is 2.37. The summed E-state index contributed by atoms with van der Waals surface area (Å²) in [5.74, 6) is 1.63. The third-order valence-corrected chi connectivity index (χ3v) is 5.55. The fourth-order valence-electron chi connectivity index (χ4n) is 4.01. The number of hydrogen-bond donors (Lipinski definition) is 1. The molecule has 0 spiro atoms. The van der Waals surface area contributed by atoms with E-state index >= 15 is 0 Å². The zero-order valence-electron chi connectivity index (χ0n) is 15.6. The Labute approximate surface area is 155 Å². The van der Waals surface area contributed by atoms with Crippen molar-refractivity contribution in [3.8, 4) is 17.0 Å². The van der Waals surface area contributed by atoms with Gasteiger partial charge in [-0.25, -0.2) is 4.98 Å². The van der Waals surface area contributed by atoms with E-state index in [0.29, 0.717) is 5.82 Å². The molecule has 1 aliphatic heterocycles. The van der Waals surface area contributed by atoms with E-state index in [9.17, 15) is 0 Å². The van der Waals surface area contributed by atoms with Gasteiger partial charge < -0.3 is 15.4 Å². The van der Waals surface area contributed by atoms with Crippen molar-refractivity contribution in [2.75, 3.05) is 52.1 Å². The Morgan fingerprint density at radius 1 is 1.04 bits per heavy atom. The molecule has 0 atom stereocenters. The SMILES string of the molecule is CN1CCN(CCOc2ccc(-c3cccc(N)n3)c3c2CCC3)CC1. The number of nitrogens with zero attached hydrogens (tertiary/aromatic N) is 3.